The third-order valence-electron chi connectivity index (χ3n) is 4.96. The maximum Gasteiger partial charge on any atom is 0.337 e. The monoisotopic (exact) mass is 418 g/mol. The number of anilines is 1. The third kappa shape index (κ3) is 3.93. The van der Waals surface area contributed by atoms with Crippen LogP contribution in [0.4, 0.5) is 5.69 Å². The van der Waals surface area contributed by atoms with Crippen LogP contribution >= 0.6 is 11.6 Å². The van der Waals surface area contributed by atoms with E-state index >= 15 is 0 Å². The van der Waals surface area contributed by atoms with Crippen LogP contribution in [-0.4, -0.2) is 21.6 Å². The Labute approximate surface area is 178 Å². The molecule has 4 aromatic rings. The molecular formula is C24H19ClN2O3. The molecule has 0 unspecified atom stereocenters. The van der Waals surface area contributed by atoms with Gasteiger partial charge in [-0.25, -0.2) is 4.79 Å². The molecule has 0 saturated heterocycles. The van der Waals surface area contributed by atoms with Crippen LogP contribution in [-0.2, 0) is 6.54 Å². The van der Waals surface area contributed by atoms with Gasteiger partial charge in [0.1, 0.15) is 5.69 Å². The van der Waals surface area contributed by atoms with Gasteiger partial charge in [-0.1, -0.05) is 53.6 Å². The molecule has 5 nitrogen and oxygen atoms in total. The first-order chi connectivity index (χ1) is 14.4. The smallest absolute Gasteiger partial charge is 0.337 e. The van der Waals surface area contributed by atoms with E-state index in [0.29, 0.717) is 17.3 Å². The summed E-state index contributed by atoms with van der Waals surface area (Å²) < 4.78 is 1.91. The molecule has 0 fully saturated rings. The van der Waals surface area contributed by atoms with Gasteiger partial charge in [0.05, 0.1) is 11.3 Å². The number of hydrogen-bond donors (Lipinski definition) is 2. The number of hydrogen-bond acceptors (Lipinski definition) is 2. The number of aromatic nitrogens is 1. The highest BCUT2D eigenvalue weighted by atomic mass is 35.5. The Balaban J connectivity index is 1.76. The molecule has 3 aromatic carbocycles. The summed E-state index contributed by atoms with van der Waals surface area (Å²) in [7, 11) is 0. The zero-order valence-corrected chi connectivity index (χ0v) is 17.0. The van der Waals surface area contributed by atoms with Crippen molar-refractivity contribution in [3.8, 4) is 0 Å². The van der Waals surface area contributed by atoms with Crippen LogP contribution < -0.4 is 5.32 Å². The van der Waals surface area contributed by atoms with Crippen LogP contribution in [0, 0.1) is 6.92 Å². The Morgan fingerprint density at radius 3 is 2.47 bits per heavy atom. The molecule has 2 N–H and O–H groups in total. The number of carboxylic acids is 1. The SMILES string of the molecule is Cc1ccc(Cn2c(C(=O)Nc3ccccc3C(=O)O)cc3cc(Cl)ccc32)cc1. The highest BCUT2D eigenvalue weighted by molar-refractivity contribution is 6.31. The number of amides is 1. The maximum atomic E-state index is 13.2. The van der Waals surface area contributed by atoms with Gasteiger partial charge < -0.3 is 15.0 Å². The standard InChI is InChI=1S/C24H19ClN2O3/c1-15-6-8-16(9-7-15)14-27-21-11-10-18(25)12-17(21)13-22(27)23(28)26-20-5-3-2-4-19(20)24(29)30/h2-13H,14H2,1H3,(H,26,28)(H,29,30). The second kappa shape index (κ2) is 8.05. The fraction of sp³-hybridized carbons (Fsp3) is 0.0833. The van der Waals surface area contributed by atoms with E-state index in [1.165, 1.54) is 6.07 Å². The van der Waals surface area contributed by atoms with Gasteiger partial charge in [0.2, 0.25) is 0 Å². The van der Waals surface area contributed by atoms with Gasteiger partial charge in [0.25, 0.3) is 5.91 Å². The van der Waals surface area contributed by atoms with Crippen LogP contribution in [0.1, 0.15) is 32.0 Å². The Hall–Kier alpha value is -3.57. The normalized spacial score (nSPS) is 10.9. The van der Waals surface area contributed by atoms with Crippen molar-refractivity contribution in [1.82, 2.24) is 4.57 Å². The summed E-state index contributed by atoms with van der Waals surface area (Å²) in [6, 6.07) is 21.7. The van der Waals surface area contributed by atoms with Crippen LogP contribution in [0.3, 0.4) is 0 Å². The highest BCUT2D eigenvalue weighted by Gasteiger charge is 2.19. The Bertz CT molecular complexity index is 1260. The molecule has 0 aliphatic rings. The molecular weight excluding hydrogens is 400 g/mol. The maximum absolute atomic E-state index is 13.2. The second-order valence-electron chi connectivity index (χ2n) is 7.11. The molecule has 1 aromatic heterocycles. The molecule has 0 atom stereocenters. The number of aromatic carboxylic acids is 1. The van der Waals surface area contributed by atoms with Crippen molar-refractivity contribution in [2.75, 3.05) is 5.32 Å². The van der Waals surface area contributed by atoms with E-state index in [0.717, 1.165) is 22.0 Å². The van der Waals surface area contributed by atoms with E-state index in [-0.39, 0.29) is 17.2 Å². The van der Waals surface area contributed by atoms with Crippen molar-refractivity contribution in [3.05, 3.63) is 100 Å². The van der Waals surface area contributed by atoms with Crippen molar-refractivity contribution >= 4 is 40.1 Å². The molecule has 0 bridgehead atoms. The molecule has 1 heterocycles. The zero-order valence-electron chi connectivity index (χ0n) is 16.2. The molecule has 1 amide bonds. The number of aryl methyl sites for hydroxylation is 1. The van der Waals surface area contributed by atoms with Crippen molar-refractivity contribution in [1.29, 1.82) is 0 Å². The molecule has 4 rings (SSSR count). The molecule has 0 aliphatic carbocycles. The number of fused-ring (bicyclic) bond motifs is 1. The van der Waals surface area contributed by atoms with E-state index in [4.69, 9.17) is 11.6 Å². The topological polar surface area (TPSA) is 71.3 Å². The average molecular weight is 419 g/mol. The molecule has 0 spiro atoms. The molecule has 150 valence electrons. The van der Waals surface area contributed by atoms with Crippen molar-refractivity contribution in [3.63, 3.8) is 0 Å². The Morgan fingerprint density at radius 2 is 1.73 bits per heavy atom. The van der Waals surface area contributed by atoms with Crippen LogP contribution in [0.25, 0.3) is 10.9 Å². The number of halogens is 1. The number of carboxylic acid groups (broad SMARTS) is 1. The lowest BCUT2D eigenvalue weighted by Gasteiger charge is -2.13. The van der Waals surface area contributed by atoms with Crippen molar-refractivity contribution in [2.45, 2.75) is 13.5 Å². The summed E-state index contributed by atoms with van der Waals surface area (Å²) in [6.45, 7) is 2.52. The number of benzene rings is 3. The molecule has 6 heteroatoms. The van der Waals surface area contributed by atoms with Crippen LogP contribution in [0.15, 0.2) is 72.8 Å². The van der Waals surface area contributed by atoms with Crippen molar-refractivity contribution in [2.24, 2.45) is 0 Å². The summed E-state index contributed by atoms with van der Waals surface area (Å²) >= 11 is 6.15. The summed E-state index contributed by atoms with van der Waals surface area (Å²) in [6.07, 6.45) is 0. The minimum atomic E-state index is -1.10. The summed E-state index contributed by atoms with van der Waals surface area (Å²) in [5.74, 6) is -1.49. The zero-order chi connectivity index (χ0) is 21.3. The third-order valence-corrected chi connectivity index (χ3v) is 5.20. The van der Waals surface area contributed by atoms with Crippen molar-refractivity contribution < 1.29 is 14.7 Å². The van der Waals surface area contributed by atoms with Gasteiger partial charge in [0.15, 0.2) is 0 Å². The number of rotatable bonds is 5. The minimum Gasteiger partial charge on any atom is -0.478 e. The lowest BCUT2D eigenvalue weighted by atomic mass is 10.1. The van der Waals surface area contributed by atoms with Gasteiger partial charge in [-0.2, -0.15) is 0 Å². The predicted octanol–water partition coefficient (Wildman–Crippen LogP) is 5.60. The van der Waals surface area contributed by atoms with E-state index < -0.39 is 5.97 Å². The largest absolute Gasteiger partial charge is 0.478 e. The number of nitrogens with one attached hydrogen (secondary N) is 1. The number of para-hydroxylation sites is 1. The quantitative estimate of drug-likeness (QED) is 0.443. The van der Waals surface area contributed by atoms with Gasteiger partial charge in [-0.05, 0) is 48.9 Å². The van der Waals surface area contributed by atoms with Gasteiger partial charge in [-0.15, -0.1) is 0 Å². The van der Waals surface area contributed by atoms with Gasteiger partial charge in [-0.3, -0.25) is 4.79 Å². The predicted molar refractivity (Wildman–Crippen MR) is 119 cm³/mol. The van der Waals surface area contributed by atoms with Gasteiger partial charge >= 0.3 is 5.97 Å². The number of carbonyl (C=O) groups excluding carboxylic acids is 1. The molecule has 0 aliphatic heterocycles. The average Bonchev–Trinajstić information content (AvgIpc) is 3.07. The molecule has 30 heavy (non-hydrogen) atoms. The minimum absolute atomic E-state index is 0.0371. The molecule has 0 saturated carbocycles. The highest BCUT2D eigenvalue weighted by Crippen LogP contribution is 2.26. The first-order valence-corrected chi connectivity index (χ1v) is 9.78. The first kappa shape index (κ1) is 19.7. The van der Waals surface area contributed by atoms with E-state index in [1.54, 1.807) is 30.3 Å². The Kier molecular flexibility index (Phi) is 5.29. The van der Waals surface area contributed by atoms with Crippen LogP contribution in [0.2, 0.25) is 5.02 Å². The van der Waals surface area contributed by atoms with E-state index in [1.807, 2.05) is 47.9 Å². The van der Waals surface area contributed by atoms with E-state index in [9.17, 15) is 14.7 Å². The fourth-order valence-corrected chi connectivity index (χ4v) is 3.62. The summed E-state index contributed by atoms with van der Waals surface area (Å²) in [5.41, 5.74) is 3.79. The number of carbonyl (C=O) groups is 2. The lowest BCUT2D eigenvalue weighted by Crippen LogP contribution is -2.19. The van der Waals surface area contributed by atoms with Crippen LogP contribution in [0.5, 0.6) is 0 Å². The number of nitrogens with zero attached hydrogens (tertiary/aromatic N) is 1. The van der Waals surface area contributed by atoms with Gasteiger partial charge in [0, 0.05) is 22.5 Å². The van der Waals surface area contributed by atoms with E-state index in [2.05, 4.69) is 5.32 Å². The Morgan fingerprint density at radius 1 is 1.00 bits per heavy atom. The first-order valence-electron chi connectivity index (χ1n) is 9.40. The summed E-state index contributed by atoms with van der Waals surface area (Å²) in [4.78, 5) is 24.6. The lowest BCUT2D eigenvalue weighted by molar-refractivity contribution is 0.0698. The fourth-order valence-electron chi connectivity index (χ4n) is 3.44. The molecule has 0 radical (unpaired) electrons. The second-order valence-corrected chi connectivity index (χ2v) is 7.55. The summed E-state index contributed by atoms with van der Waals surface area (Å²) in [5, 5.41) is 13.6.